The fourth-order valence-electron chi connectivity index (χ4n) is 3.01. The van der Waals surface area contributed by atoms with Crippen LogP contribution in [0.3, 0.4) is 0 Å². The topological polar surface area (TPSA) is 32.3 Å². The molecule has 1 atom stereocenters. The van der Waals surface area contributed by atoms with Crippen LogP contribution in [0.15, 0.2) is 0 Å². The number of nitrogens with one attached hydrogen (secondary N) is 1. The molecule has 0 radical (unpaired) electrons. The van der Waals surface area contributed by atoms with E-state index >= 15 is 0 Å². The molecule has 0 saturated carbocycles. The Labute approximate surface area is 98.6 Å². The van der Waals surface area contributed by atoms with Crippen molar-refractivity contribution in [2.45, 2.75) is 39.0 Å². The second-order valence-corrected chi connectivity index (χ2v) is 5.35. The molecule has 0 aromatic heterocycles. The van der Waals surface area contributed by atoms with Crippen molar-refractivity contribution in [1.82, 2.24) is 10.2 Å². The van der Waals surface area contributed by atoms with Crippen LogP contribution in [-0.4, -0.2) is 37.0 Å². The molecule has 0 aromatic carbocycles. The van der Waals surface area contributed by atoms with E-state index < -0.39 is 0 Å². The lowest BCUT2D eigenvalue weighted by Crippen LogP contribution is -2.36. The molecule has 1 amide bonds. The van der Waals surface area contributed by atoms with Crippen molar-refractivity contribution >= 4 is 5.91 Å². The van der Waals surface area contributed by atoms with Gasteiger partial charge in [0.25, 0.3) is 0 Å². The van der Waals surface area contributed by atoms with Gasteiger partial charge in [-0.3, -0.25) is 4.79 Å². The molecule has 92 valence electrons. The van der Waals surface area contributed by atoms with E-state index in [2.05, 4.69) is 17.1 Å². The van der Waals surface area contributed by atoms with E-state index in [1.807, 2.05) is 0 Å². The summed E-state index contributed by atoms with van der Waals surface area (Å²) in [6.07, 6.45) is 5.71. The number of likely N-dealkylation sites (tertiary alicyclic amines) is 1. The monoisotopic (exact) mass is 224 g/mol. The quantitative estimate of drug-likeness (QED) is 0.787. The third kappa shape index (κ3) is 2.97. The second-order valence-electron chi connectivity index (χ2n) is 5.35. The lowest BCUT2D eigenvalue weighted by Gasteiger charge is -2.27. The molecular weight excluding hydrogens is 200 g/mol. The maximum atomic E-state index is 11.8. The highest BCUT2D eigenvalue weighted by Crippen LogP contribution is 2.24. The first-order valence-electron chi connectivity index (χ1n) is 6.78. The van der Waals surface area contributed by atoms with Gasteiger partial charge in [-0.25, -0.2) is 0 Å². The maximum Gasteiger partial charge on any atom is 0.222 e. The van der Waals surface area contributed by atoms with Crippen LogP contribution >= 0.6 is 0 Å². The smallest absolute Gasteiger partial charge is 0.222 e. The summed E-state index contributed by atoms with van der Waals surface area (Å²) in [4.78, 5) is 14.0. The van der Waals surface area contributed by atoms with Crippen LogP contribution < -0.4 is 5.32 Å². The summed E-state index contributed by atoms with van der Waals surface area (Å²) < 4.78 is 0. The summed E-state index contributed by atoms with van der Waals surface area (Å²) >= 11 is 0. The largest absolute Gasteiger partial charge is 0.342 e. The van der Waals surface area contributed by atoms with Crippen molar-refractivity contribution in [3.63, 3.8) is 0 Å². The summed E-state index contributed by atoms with van der Waals surface area (Å²) in [5, 5.41) is 3.38. The van der Waals surface area contributed by atoms with E-state index in [1.165, 1.54) is 25.7 Å². The standard InChI is InChI=1S/C13H24N2O/c1-2-3-12-8-13(16)15(10-12)9-11-4-6-14-7-5-11/h11-12,14H,2-10H2,1H3. The molecule has 3 nitrogen and oxygen atoms in total. The van der Waals surface area contributed by atoms with Crippen molar-refractivity contribution in [3.8, 4) is 0 Å². The number of hydrogen-bond acceptors (Lipinski definition) is 2. The normalized spacial score (nSPS) is 27.7. The third-order valence-electron chi connectivity index (χ3n) is 3.93. The van der Waals surface area contributed by atoms with Crippen molar-refractivity contribution in [1.29, 1.82) is 0 Å². The van der Waals surface area contributed by atoms with Gasteiger partial charge in [0.2, 0.25) is 5.91 Å². The minimum atomic E-state index is 0.400. The van der Waals surface area contributed by atoms with Gasteiger partial charge in [0.15, 0.2) is 0 Å². The third-order valence-corrected chi connectivity index (χ3v) is 3.93. The molecule has 0 aromatic rings. The molecule has 0 bridgehead atoms. The van der Waals surface area contributed by atoms with Crippen LogP contribution in [0, 0.1) is 11.8 Å². The molecule has 2 aliphatic heterocycles. The predicted molar refractivity (Wildman–Crippen MR) is 65.2 cm³/mol. The average Bonchev–Trinajstić information content (AvgIpc) is 2.61. The molecule has 0 aliphatic carbocycles. The Morgan fingerprint density at radius 3 is 2.75 bits per heavy atom. The molecule has 1 unspecified atom stereocenters. The minimum absolute atomic E-state index is 0.400. The van der Waals surface area contributed by atoms with E-state index in [1.54, 1.807) is 0 Å². The fraction of sp³-hybridized carbons (Fsp3) is 0.923. The van der Waals surface area contributed by atoms with Gasteiger partial charge in [0.1, 0.15) is 0 Å². The summed E-state index contributed by atoms with van der Waals surface area (Å²) in [5.41, 5.74) is 0. The van der Waals surface area contributed by atoms with Gasteiger partial charge in [-0.05, 0) is 44.2 Å². The first kappa shape index (κ1) is 11.9. The van der Waals surface area contributed by atoms with E-state index in [-0.39, 0.29) is 0 Å². The number of carbonyl (C=O) groups is 1. The zero-order chi connectivity index (χ0) is 11.4. The van der Waals surface area contributed by atoms with Gasteiger partial charge in [0.05, 0.1) is 0 Å². The van der Waals surface area contributed by atoms with Gasteiger partial charge < -0.3 is 10.2 Å². The molecule has 2 aliphatic rings. The lowest BCUT2D eigenvalue weighted by molar-refractivity contribution is -0.128. The van der Waals surface area contributed by atoms with Crippen LogP contribution in [0.2, 0.25) is 0 Å². The number of carbonyl (C=O) groups excluding carboxylic acids is 1. The fourth-order valence-corrected chi connectivity index (χ4v) is 3.01. The molecule has 16 heavy (non-hydrogen) atoms. The van der Waals surface area contributed by atoms with Crippen LogP contribution in [0.4, 0.5) is 0 Å². The van der Waals surface area contributed by atoms with Gasteiger partial charge in [-0.15, -0.1) is 0 Å². The lowest BCUT2D eigenvalue weighted by atomic mass is 9.97. The molecule has 2 heterocycles. The van der Waals surface area contributed by atoms with Crippen molar-refractivity contribution < 1.29 is 4.79 Å². The summed E-state index contributed by atoms with van der Waals surface area (Å²) in [6.45, 7) is 6.51. The number of nitrogens with zero attached hydrogens (tertiary/aromatic N) is 1. The molecule has 2 fully saturated rings. The zero-order valence-electron chi connectivity index (χ0n) is 10.4. The Morgan fingerprint density at radius 2 is 2.06 bits per heavy atom. The van der Waals surface area contributed by atoms with Gasteiger partial charge in [0, 0.05) is 19.5 Å². The number of amides is 1. The summed E-state index contributed by atoms with van der Waals surface area (Å²) in [5.74, 6) is 1.78. The number of hydrogen-bond donors (Lipinski definition) is 1. The first-order chi connectivity index (χ1) is 7.79. The van der Waals surface area contributed by atoms with Crippen LogP contribution in [0.25, 0.3) is 0 Å². The van der Waals surface area contributed by atoms with E-state index in [0.717, 1.165) is 38.5 Å². The van der Waals surface area contributed by atoms with Gasteiger partial charge >= 0.3 is 0 Å². The van der Waals surface area contributed by atoms with E-state index in [9.17, 15) is 4.79 Å². The van der Waals surface area contributed by atoms with E-state index in [4.69, 9.17) is 0 Å². The van der Waals surface area contributed by atoms with Crippen molar-refractivity contribution in [2.24, 2.45) is 11.8 Å². The Balaban J connectivity index is 1.78. The first-order valence-corrected chi connectivity index (χ1v) is 6.78. The molecule has 2 rings (SSSR count). The summed E-state index contributed by atoms with van der Waals surface area (Å²) in [6, 6.07) is 0. The highest BCUT2D eigenvalue weighted by Gasteiger charge is 2.30. The SMILES string of the molecule is CCCC1CC(=O)N(CC2CCNCC2)C1. The molecular formula is C13H24N2O. The second kappa shape index (κ2) is 5.67. The van der Waals surface area contributed by atoms with Crippen LogP contribution in [-0.2, 0) is 4.79 Å². The van der Waals surface area contributed by atoms with Crippen molar-refractivity contribution in [2.75, 3.05) is 26.2 Å². The molecule has 1 N–H and O–H groups in total. The Kier molecular flexibility index (Phi) is 4.22. The summed E-state index contributed by atoms with van der Waals surface area (Å²) in [7, 11) is 0. The number of rotatable bonds is 4. The predicted octanol–water partition coefficient (Wildman–Crippen LogP) is 1.63. The van der Waals surface area contributed by atoms with Gasteiger partial charge in [-0.2, -0.15) is 0 Å². The van der Waals surface area contributed by atoms with E-state index in [0.29, 0.717) is 11.8 Å². The van der Waals surface area contributed by atoms with Gasteiger partial charge in [-0.1, -0.05) is 13.3 Å². The molecule has 0 spiro atoms. The highest BCUT2D eigenvalue weighted by atomic mass is 16.2. The van der Waals surface area contributed by atoms with Crippen LogP contribution in [0.1, 0.15) is 39.0 Å². The molecule has 3 heteroatoms. The maximum absolute atomic E-state index is 11.8. The minimum Gasteiger partial charge on any atom is -0.342 e. The Bertz CT molecular complexity index is 236. The zero-order valence-corrected chi connectivity index (χ0v) is 10.4. The van der Waals surface area contributed by atoms with Crippen LogP contribution in [0.5, 0.6) is 0 Å². The van der Waals surface area contributed by atoms with Crippen molar-refractivity contribution in [3.05, 3.63) is 0 Å². The Hall–Kier alpha value is -0.570. The Morgan fingerprint density at radius 1 is 1.31 bits per heavy atom. The highest BCUT2D eigenvalue weighted by molar-refractivity contribution is 5.78. The molecule has 2 saturated heterocycles. The average molecular weight is 224 g/mol. The number of piperidine rings is 1.